The lowest BCUT2D eigenvalue weighted by Gasteiger charge is -2.32. The molecule has 0 radical (unpaired) electrons. The molecule has 2 aromatic rings. The average Bonchev–Trinajstić information content (AvgIpc) is 2.70. The van der Waals surface area contributed by atoms with Crippen molar-refractivity contribution in [1.29, 1.82) is 0 Å². The molecule has 0 saturated heterocycles. The molecule has 2 aromatic carbocycles. The number of nitrogens with zero attached hydrogens (tertiary/aromatic N) is 2. The van der Waals surface area contributed by atoms with E-state index >= 15 is 0 Å². The van der Waals surface area contributed by atoms with Gasteiger partial charge in [-0.25, -0.2) is 0 Å². The van der Waals surface area contributed by atoms with Gasteiger partial charge >= 0.3 is 0 Å². The van der Waals surface area contributed by atoms with Crippen molar-refractivity contribution in [2.75, 3.05) is 30.9 Å². The van der Waals surface area contributed by atoms with Crippen LogP contribution in [0.25, 0.3) is 0 Å². The molecule has 5 heteroatoms. The summed E-state index contributed by atoms with van der Waals surface area (Å²) in [7, 11) is 3.44. The van der Waals surface area contributed by atoms with Gasteiger partial charge in [-0.2, -0.15) is 0 Å². The number of carbonyl (C=O) groups is 2. The van der Waals surface area contributed by atoms with E-state index in [1.165, 1.54) is 16.0 Å². The van der Waals surface area contributed by atoms with Crippen LogP contribution in [-0.4, -0.2) is 43.4 Å². The molecule has 0 heterocycles. The second-order valence-corrected chi connectivity index (χ2v) is 7.69. The molecule has 2 rings (SSSR count). The molecule has 0 aliphatic carbocycles. The highest BCUT2D eigenvalue weighted by Crippen LogP contribution is 2.23. The van der Waals surface area contributed by atoms with Gasteiger partial charge in [0, 0.05) is 37.1 Å². The van der Waals surface area contributed by atoms with Gasteiger partial charge in [-0.3, -0.25) is 9.59 Å². The van der Waals surface area contributed by atoms with Crippen LogP contribution in [0, 0.1) is 13.8 Å². The fraction of sp³-hybridized carbons (Fsp3) is 0.417. The first kappa shape index (κ1) is 22.5. The van der Waals surface area contributed by atoms with Gasteiger partial charge in [0.05, 0.1) is 6.54 Å². The minimum Gasteiger partial charge on any atom is -0.359 e. The number of carbonyl (C=O) groups excluding carboxylic acids is 2. The number of benzene rings is 2. The second-order valence-electron chi connectivity index (χ2n) is 7.69. The van der Waals surface area contributed by atoms with Crippen LogP contribution in [0.15, 0.2) is 42.5 Å². The third-order valence-electron chi connectivity index (χ3n) is 5.34. The van der Waals surface area contributed by atoms with Crippen LogP contribution in [0.1, 0.15) is 48.2 Å². The zero-order chi connectivity index (χ0) is 21.6. The van der Waals surface area contributed by atoms with Gasteiger partial charge < -0.3 is 15.1 Å². The number of hydrogen-bond acceptors (Lipinski definition) is 3. The van der Waals surface area contributed by atoms with E-state index in [4.69, 9.17) is 0 Å². The van der Waals surface area contributed by atoms with Crippen LogP contribution in [0.5, 0.6) is 0 Å². The maximum absolute atomic E-state index is 12.8. The minimum absolute atomic E-state index is 0.0578. The Balaban J connectivity index is 2.15. The minimum atomic E-state index is -0.0678. The summed E-state index contributed by atoms with van der Waals surface area (Å²) >= 11 is 0. The quantitative estimate of drug-likeness (QED) is 0.708. The van der Waals surface area contributed by atoms with Gasteiger partial charge in [0.25, 0.3) is 5.91 Å². The molecule has 0 saturated carbocycles. The average molecular weight is 396 g/mol. The van der Waals surface area contributed by atoms with Crippen LogP contribution in [0.3, 0.4) is 0 Å². The van der Waals surface area contributed by atoms with Crippen molar-refractivity contribution < 1.29 is 9.59 Å². The molecule has 1 N–H and O–H groups in total. The van der Waals surface area contributed by atoms with Crippen molar-refractivity contribution in [3.8, 4) is 0 Å². The Kier molecular flexibility index (Phi) is 7.82. The molecule has 0 fully saturated rings. The summed E-state index contributed by atoms with van der Waals surface area (Å²) in [4.78, 5) is 28.5. The zero-order valence-electron chi connectivity index (χ0n) is 18.5. The first-order valence-corrected chi connectivity index (χ1v) is 10.2. The summed E-state index contributed by atoms with van der Waals surface area (Å²) in [6, 6.07) is 13.7. The third kappa shape index (κ3) is 5.83. The number of nitrogens with one attached hydrogen (secondary N) is 1. The van der Waals surface area contributed by atoms with E-state index in [-0.39, 0.29) is 18.4 Å². The summed E-state index contributed by atoms with van der Waals surface area (Å²) in [5.41, 5.74) is 4.83. The van der Waals surface area contributed by atoms with Gasteiger partial charge in [-0.1, -0.05) is 19.9 Å². The molecule has 156 valence electrons. The second kappa shape index (κ2) is 10.1. The number of hydrogen-bond donors (Lipinski definition) is 1. The van der Waals surface area contributed by atoms with Crippen molar-refractivity contribution in [3.63, 3.8) is 0 Å². The van der Waals surface area contributed by atoms with Crippen LogP contribution in [0.4, 0.5) is 11.4 Å². The maximum atomic E-state index is 12.8. The van der Waals surface area contributed by atoms with E-state index in [0.717, 1.165) is 18.5 Å². The van der Waals surface area contributed by atoms with E-state index in [1.54, 1.807) is 38.4 Å². The lowest BCUT2D eigenvalue weighted by molar-refractivity contribution is -0.115. The van der Waals surface area contributed by atoms with Crippen molar-refractivity contribution in [3.05, 3.63) is 59.2 Å². The first-order valence-electron chi connectivity index (χ1n) is 10.2. The predicted octanol–water partition coefficient (Wildman–Crippen LogP) is 4.64. The molecule has 0 aliphatic heterocycles. The Morgan fingerprint density at radius 1 is 0.931 bits per heavy atom. The van der Waals surface area contributed by atoms with Crippen LogP contribution < -0.4 is 10.2 Å². The van der Waals surface area contributed by atoms with E-state index < -0.39 is 0 Å². The first-order chi connectivity index (χ1) is 13.8. The van der Waals surface area contributed by atoms with Gasteiger partial charge in [0.15, 0.2) is 0 Å². The largest absolute Gasteiger partial charge is 0.359 e. The van der Waals surface area contributed by atoms with Gasteiger partial charge in [-0.15, -0.1) is 0 Å². The highest BCUT2D eigenvalue weighted by Gasteiger charge is 2.19. The molecular formula is C24H33N3O2. The molecule has 2 amide bonds. The Bertz CT molecular complexity index is 840. The molecule has 29 heavy (non-hydrogen) atoms. The third-order valence-corrected chi connectivity index (χ3v) is 5.34. The highest BCUT2D eigenvalue weighted by atomic mass is 16.2. The smallest absolute Gasteiger partial charge is 0.253 e. The lowest BCUT2D eigenvalue weighted by Crippen LogP contribution is -2.40. The van der Waals surface area contributed by atoms with Crippen molar-refractivity contribution in [2.24, 2.45) is 0 Å². The number of rotatable bonds is 8. The standard InChI is InChI=1S/C24H33N3O2/c1-7-21(8-2)27(22-14-9-17(3)18(4)15-22)16-23(28)25-20-12-10-19(11-13-20)24(29)26(5)6/h9-15,21H,7-8,16H2,1-6H3,(H,25,28). The van der Waals surface area contributed by atoms with E-state index in [2.05, 4.69) is 56.1 Å². The summed E-state index contributed by atoms with van der Waals surface area (Å²) in [6.07, 6.45) is 1.94. The molecule has 0 aliphatic rings. The van der Waals surface area contributed by atoms with Crippen LogP contribution in [0.2, 0.25) is 0 Å². The van der Waals surface area contributed by atoms with Gasteiger partial charge in [-0.05, 0) is 74.2 Å². The molecular weight excluding hydrogens is 362 g/mol. The molecule has 0 spiro atoms. The summed E-state index contributed by atoms with van der Waals surface area (Å²) in [6.45, 7) is 8.78. The number of amides is 2. The molecule has 5 nitrogen and oxygen atoms in total. The number of aryl methyl sites for hydroxylation is 2. The summed E-state index contributed by atoms with van der Waals surface area (Å²) in [5.74, 6) is -0.126. The monoisotopic (exact) mass is 395 g/mol. The Hall–Kier alpha value is -2.82. The van der Waals surface area contributed by atoms with Crippen molar-refractivity contribution in [1.82, 2.24) is 4.90 Å². The van der Waals surface area contributed by atoms with E-state index in [0.29, 0.717) is 17.3 Å². The normalized spacial score (nSPS) is 10.7. The van der Waals surface area contributed by atoms with Crippen LogP contribution in [-0.2, 0) is 4.79 Å². The van der Waals surface area contributed by atoms with Crippen molar-refractivity contribution >= 4 is 23.2 Å². The molecule has 0 bridgehead atoms. The van der Waals surface area contributed by atoms with Crippen LogP contribution >= 0.6 is 0 Å². The Labute approximate surface area is 174 Å². The fourth-order valence-electron chi connectivity index (χ4n) is 3.37. The topological polar surface area (TPSA) is 52.7 Å². The molecule has 0 unspecified atom stereocenters. The van der Waals surface area contributed by atoms with Crippen molar-refractivity contribution in [2.45, 2.75) is 46.6 Å². The SMILES string of the molecule is CCC(CC)N(CC(=O)Nc1ccc(C(=O)N(C)C)cc1)c1ccc(C)c(C)c1. The molecule has 0 atom stereocenters. The lowest BCUT2D eigenvalue weighted by atomic mass is 10.1. The maximum Gasteiger partial charge on any atom is 0.253 e. The van der Waals surface area contributed by atoms with E-state index in [9.17, 15) is 9.59 Å². The zero-order valence-corrected chi connectivity index (χ0v) is 18.5. The highest BCUT2D eigenvalue weighted by molar-refractivity contribution is 5.96. The summed E-state index contributed by atoms with van der Waals surface area (Å²) < 4.78 is 0. The van der Waals surface area contributed by atoms with E-state index in [1.807, 2.05) is 0 Å². The van der Waals surface area contributed by atoms with Gasteiger partial charge in [0.2, 0.25) is 5.91 Å². The fourth-order valence-corrected chi connectivity index (χ4v) is 3.37. The Morgan fingerprint density at radius 3 is 2.07 bits per heavy atom. The number of anilines is 2. The van der Waals surface area contributed by atoms with Gasteiger partial charge in [0.1, 0.15) is 0 Å². The molecule has 0 aromatic heterocycles. The Morgan fingerprint density at radius 2 is 1.55 bits per heavy atom. The summed E-state index contributed by atoms with van der Waals surface area (Å²) in [5, 5.41) is 2.96. The predicted molar refractivity (Wildman–Crippen MR) is 121 cm³/mol.